The monoisotopic (exact) mass is 262 g/mol. The van der Waals surface area contributed by atoms with Gasteiger partial charge in [0.2, 0.25) is 0 Å². The van der Waals surface area contributed by atoms with Gasteiger partial charge in [0, 0.05) is 24.7 Å². The van der Waals surface area contributed by atoms with E-state index in [4.69, 9.17) is 4.74 Å². The van der Waals surface area contributed by atoms with Crippen LogP contribution in [0.15, 0.2) is 12.1 Å². The Labute approximate surface area is 117 Å². The summed E-state index contributed by atoms with van der Waals surface area (Å²) in [5.41, 5.74) is 4.22. The molecule has 0 aromatic heterocycles. The average Bonchev–Trinajstić information content (AvgIpc) is 2.36. The number of nitrogens with zero attached hydrogens (tertiary/aromatic N) is 2. The Bertz CT molecular complexity index is 443. The summed E-state index contributed by atoms with van der Waals surface area (Å²) < 4.78 is 5.56. The fraction of sp³-hybridized carbons (Fsp3) is 0.625. The van der Waals surface area contributed by atoms with E-state index in [9.17, 15) is 0 Å². The highest BCUT2D eigenvalue weighted by atomic mass is 16.5. The van der Waals surface area contributed by atoms with Gasteiger partial charge in [-0.2, -0.15) is 0 Å². The number of hydrogen-bond acceptors (Lipinski definition) is 3. The molecule has 0 amide bonds. The predicted molar refractivity (Wildman–Crippen MR) is 79.6 cm³/mol. The second kappa shape index (κ2) is 5.93. The van der Waals surface area contributed by atoms with Crippen molar-refractivity contribution in [1.82, 2.24) is 9.80 Å². The van der Waals surface area contributed by atoms with E-state index in [1.165, 1.54) is 16.7 Å². The van der Waals surface area contributed by atoms with Gasteiger partial charge >= 0.3 is 0 Å². The Balaban J connectivity index is 2.34. The molecule has 0 saturated heterocycles. The summed E-state index contributed by atoms with van der Waals surface area (Å²) in [6.45, 7) is 7.65. The Kier molecular flexibility index (Phi) is 4.48. The van der Waals surface area contributed by atoms with E-state index in [-0.39, 0.29) is 0 Å². The number of rotatable bonds is 4. The summed E-state index contributed by atoms with van der Waals surface area (Å²) in [6, 6.07) is 5.22. The Morgan fingerprint density at radius 1 is 1.32 bits per heavy atom. The Hall–Kier alpha value is -1.06. The first-order chi connectivity index (χ1) is 9.05. The van der Waals surface area contributed by atoms with Crippen molar-refractivity contribution in [2.45, 2.75) is 39.4 Å². The van der Waals surface area contributed by atoms with E-state index in [0.29, 0.717) is 6.04 Å². The molecular formula is C16H26N2O. The first-order valence-corrected chi connectivity index (χ1v) is 7.12. The molecular weight excluding hydrogens is 236 g/mol. The van der Waals surface area contributed by atoms with Crippen LogP contribution in [0.25, 0.3) is 0 Å². The summed E-state index contributed by atoms with van der Waals surface area (Å²) in [5.74, 6) is 1.03. The molecule has 1 aliphatic rings. The van der Waals surface area contributed by atoms with Gasteiger partial charge in [-0.25, -0.2) is 0 Å². The number of methoxy groups -OCH3 is 1. The van der Waals surface area contributed by atoms with Crippen LogP contribution >= 0.6 is 0 Å². The van der Waals surface area contributed by atoms with E-state index >= 15 is 0 Å². The van der Waals surface area contributed by atoms with E-state index < -0.39 is 0 Å². The Morgan fingerprint density at radius 2 is 2.05 bits per heavy atom. The van der Waals surface area contributed by atoms with Crippen molar-refractivity contribution >= 4 is 0 Å². The second-order valence-corrected chi connectivity index (χ2v) is 5.79. The van der Waals surface area contributed by atoms with Gasteiger partial charge in [0.15, 0.2) is 0 Å². The lowest BCUT2D eigenvalue weighted by Gasteiger charge is -2.34. The van der Waals surface area contributed by atoms with Crippen molar-refractivity contribution in [3.63, 3.8) is 0 Å². The molecule has 1 atom stereocenters. The molecule has 106 valence electrons. The molecule has 0 aliphatic carbocycles. The van der Waals surface area contributed by atoms with Gasteiger partial charge in [-0.1, -0.05) is 13.0 Å². The van der Waals surface area contributed by atoms with E-state index in [0.717, 1.165) is 31.8 Å². The number of hydrogen-bond donors (Lipinski definition) is 0. The van der Waals surface area contributed by atoms with Crippen molar-refractivity contribution in [1.29, 1.82) is 0 Å². The standard InChI is InChI=1S/C16H26N2O/c1-6-18-11-14-9-16(19-5)15(10-17(3)4)8-13(14)7-12(18)2/h8-9,12H,6-7,10-11H2,1-5H3. The number of benzene rings is 1. The zero-order valence-electron chi connectivity index (χ0n) is 12.9. The molecule has 1 aromatic carbocycles. The largest absolute Gasteiger partial charge is 0.496 e. The van der Waals surface area contributed by atoms with Crippen LogP contribution in [0, 0.1) is 0 Å². The van der Waals surface area contributed by atoms with Crippen molar-refractivity contribution < 1.29 is 4.74 Å². The zero-order valence-corrected chi connectivity index (χ0v) is 12.9. The summed E-state index contributed by atoms with van der Waals surface area (Å²) >= 11 is 0. The van der Waals surface area contributed by atoms with Crippen LogP contribution in [0.4, 0.5) is 0 Å². The normalized spacial score (nSPS) is 19.6. The second-order valence-electron chi connectivity index (χ2n) is 5.79. The van der Waals surface area contributed by atoms with E-state index in [1.807, 2.05) is 0 Å². The maximum Gasteiger partial charge on any atom is 0.123 e. The molecule has 0 spiro atoms. The number of likely N-dealkylation sites (N-methyl/N-ethyl adjacent to an activating group) is 1. The van der Waals surface area contributed by atoms with Gasteiger partial charge in [0.1, 0.15) is 5.75 Å². The smallest absolute Gasteiger partial charge is 0.123 e. The maximum absolute atomic E-state index is 5.56. The van der Waals surface area contributed by atoms with Gasteiger partial charge in [0.05, 0.1) is 7.11 Å². The molecule has 3 nitrogen and oxygen atoms in total. The van der Waals surface area contributed by atoms with Crippen LogP contribution in [0.2, 0.25) is 0 Å². The third-order valence-electron chi connectivity index (χ3n) is 4.01. The molecule has 0 fully saturated rings. The van der Waals surface area contributed by atoms with Crippen molar-refractivity contribution in [3.8, 4) is 5.75 Å². The highest BCUT2D eigenvalue weighted by Crippen LogP contribution is 2.30. The highest BCUT2D eigenvalue weighted by Gasteiger charge is 2.23. The first kappa shape index (κ1) is 14.4. The fourth-order valence-electron chi connectivity index (χ4n) is 2.95. The number of ether oxygens (including phenoxy) is 1. The van der Waals surface area contributed by atoms with Gasteiger partial charge < -0.3 is 9.64 Å². The van der Waals surface area contributed by atoms with Gasteiger partial charge in [-0.3, -0.25) is 4.90 Å². The lowest BCUT2D eigenvalue weighted by atomic mass is 9.92. The van der Waals surface area contributed by atoms with Gasteiger partial charge in [0.25, 0.3) is 0 Å². The molecule has 0 saturated carbocycles. The van der Waals surface area contributed by atoms with Crippen LogP contribution < -0.4 is 4.74 Å². The fourth-order valence-corrected chi connectivity index (χ4v) is 2.95. The maximum atomic E-state index is 5.56. The van der Waals surface area contributed by atoms with Gasteiger partial charge in [-0.05, 0) is 51.2 Å². The molecule has 1 aliphatic heterocycles. The molecule has 19 heavy (non-hydrogen) atoms. The third kappa shape index (κ3) is 3.10. The third-order valence-corrected chi connectivity index (χ3v) is 4.01. The number of fused-ring (bicyclic) bond motifs is 1. The van der Waals surface area contributed by atoms with Crippen molar-refractivity contribution in [2.75, 3.05) is 27.7 Å². The quantitative estimate of drug-likeness (QED) is 0.829. The minimum Gasteiger partial charge on any atom is -0.496 e. The van der Waals surface area contributed by atoms with Crippen LogP contribution in [-0.4, -0.2) is 43.6 Å². The summed E-state index contributed by atoms with van der Waals surface area (Å²) in [5, 5.41) is 0. The summed E-state index contributed by atoms with van der Waals surface area (Å²) in [4.78, 5) is 4.71. The first-order valence-electron chi connectivity index (χ1n) is 7.12. The molecule has 1 heterocycles. The summed E-state index contributed by atoms with van der Waals surface area (Å²) in [6.07, 6.45) is 1.15. The van der Waals surface area contributed by atoms with Crippen LogP contribution in [0.5, 0.6) is 5.75 Å². The molecule has 0 bridgehead atoms. The van der Waals surface area contributed by atoms with E-state index in [1.54, 1.807) is 7.11 Å². The SMILES string of the molecule is CCN1Cc2cc(OC)c(CN(C)C)cc2CC1C. The van der Waals surface area contributed by atoms with Crippen molar-refractivity contribution in [2.24, 2.45) is 0 Å². The molecule has 3 heteroatoms. The van der Waals surface area contributed by atoms with Gasteiger partial charge in [-0.15, -0.1) is 0 Å². The lowest BCUT2D eigenvalue weighted by molar-refractivity contribution is 0.194. The molecule has 1 aromatic rings. The minimum absolute atomic E-state index is 0.637. The van der Waals surface area contributed by atoms with Crippen molar-refractivity contribution in [3.05, 3.63) is 28.8 Å². The van der Waals surface area contributed by atoms with Crippen LogP contribution in [-0.2, 0) is 19.5 Å². The summed E-state index contributed by atoms with van der Waals surface area (Å²) in [7, 11) is 5.96. The van der Waals surface area contributed by atoms with Crippen LogP contribution in [0.1, 0.15) is 30.5 Å². The zero-order chi connectivity index (χ0) is 14.0. The minimum atomic E-state index is 0.637. The highest BCUT2D eigenvalue weighted by molar-refractivity contribution is 5.44. The topological polar surface area (TPSA) is 15.7 Å². The molecule has 2 rings (SSSR count). The van der Waals surface area contributed by atoms with Crippen LogP contribution in [0.3, 0.4) is 0 Å². The Morgan fingerprint density at radius 3 is 2.63 bits per heavy atom. The lowest BCUT2D eigenvalue weighted by Crippen LogP contribution is -2.38. The van der Waals surface area contributed by atoms with E-state index in [2.05, 4.69) is 49.9 Å². The molecule has 0 N–H and O–H groups in total. The predicted octanol–water partition coefficient (Wildman–Crippen LogP) is 2.52. The average molecular weight is 262 g/mol. The molecule has 1 unspecified atom stereocenters. The molecule has 0 radical (unpaired) electrons.